The fraction of sp³-hybridized carbons (Fsp3) is 0.185. The summed E-state index contributed by atoms with van der Waals surface area (Å²) in [5, 5.41) is 11.6. The number of carbonyl (C=O) groups is 2. The van der Waals surface area contributed by atoms with Gasteiger partial charge in [0.2, 0.25) is 0 Å². The molecule has 0 fully saturated rings. The summed E-state index contributed by atoms with van der Waals surface area (Å²) in [5.74, 6) is 0.567. The van der Waals surface area contributed by atoms with Crippen molar-refractivity contribution >= 4 is 40.6 Å². The van der Waals surface area contributed by atoms with Gasteiger partial charge in [-0.3, -0.25) is 9.59 Å². The molecule has 2 N–H and O–H groups in total. The lowest BCUT2D eigenvalue weighted by Gasteiger charge is -2.14. The zero-order chi connectivity index (χ0) is 29.1. The summed E-state index contributed by atoms with van der Waals surface area (Å²) in [5.41, 5.74) is -3.92. The molecule has 0 heterocycles. The van der Waals surface area contributed by atoms with Crippen molar-refractivity contribution in [2.75, 3.05) is 11.9 Å². The number of carbonyl (C=O) groups excluding carboxylic acids is 2. The lowest BCUT2D eigenvalue weighted by molar-refractivity contribution is -0.137. The van der Waals surface area contributed by atoms with Gasteiger partial charge in [-0.1, -0.05) is 35.0 Å². The molecule has 3 aromatic carbocycles. The molecule has 204 valence electrons. The molecular formula is C27H18Cl2F5NO4. The van der Waals surface area contributed by atoms with Gasteiger partial charge in [0.15, 0.2) is 18.2 Å². The van der Waals surface area contributed by atoms with E-state index in [2.05, 4.69) is 17.2 Å². The van der Waals surface area contributed by atoms with E-state index in [4.69, 9.17) is 27.9 Å². The number of ketones is 1. The molecule has 3 rings (SSSR count). The first kappa shape index (κ1) is 29.9. The Kier molecular flexibility index (Phi) is 8.91. The minimum Gasteiger partial charge on any atom is -0.483 e. The molecule has 0 aliphatic carbocycles. The number of hydrogen-bond donors (Lipinski definition) is 2. The molecule has 12 heteroatoms. The summed E-state index contributed by atoms with van der Waals surface area (Å²) in [4.78, 5) is 25.4. The lowest BCUT2D eigenvalue weighted by Crippen LogP contribution is -2.21. The van der Waals surface area contributed by atoms with Gasteiger partial charge < -0.3 is 15.2 Å². The second-order valence-electron chi connectivity index (χ2n) is 8.63. The molecule has 0 aliphatic heterocycles. The van der Waals surface area contributed by atoms with Crippen LogP contribution in [-0.2, 0) is 11.0 Å². The van der Waals surface area contributed by atoms with Gasteiger partial charge in [0.1, 0.15) is 22.2 Å². The Labute approximate surface area is 229 Å². The van der Waals surface area contributed by atoms with Crippen molar-refractivity contribution in [3.05, 3.63) is 92.5 Å². The molecule has 0 saturated heterocycles. The van der Waals surface area contributed by atoms with E-state index in [1.165, 1.54) is 38.1 Å². The number of rotatable bonds is 6. The summed E-state index contributed by atoms with van der Waals surface area (Å²) >= 11 is 11.9. The molecule has 1 amide bonds. The van der Waals surface area contributed by atoms with E-state index in [0.717, 1.165) is 6.07 Å². The van der Waals surface area contributed by atoms with E-state index in [0.29, 0.717) is 12.1 Å². The Morgan fingerprint density at radius 1 is 1.03 bits per heavy atom. The summed E-state index contributed by atoms with van der Waals surface area (Å²) in [6.07, 6.45) is -4.90. The second-order valence-corrected chi connectivity index (χ2v) is 9.44. The van der Waals surface area contributed by atoms with Gasteiger partial charge in [0.25, 0.3) is 5.91 Å². The molecule has 0 radical (unpaired) electrons. The van der Waals surface area contributed by atoms with Crippen molar-refractivity contribution in [1.82, 2.24) is 0 Å². The molecule has 0 bridgehead atoms. The summed E-state index contributed by atoms with van der Waals surface area (Å²) in [7, 11) is 0. The Bertz CT molecular complexity index is 1500. The van der Waals surface area contributed by atoms with Crippen LogP contribution >= 0.6 is 23.2 Å². The Hall–Kier alpha value is -3.65. The number of halogens is 7. The molecule has 0 unspecified atom stereocenters. The first-order chi connectivity index (χ1) is 18.0. The predicted molar refractivity (Wildman–Crippen MR) is 135 cm³/mol. The third kappa shape index (κ3) is 7.93. The number of hydrogen-bond acceptors (Lipinski definition) is 4. The molecule has 5 nitrogen and oxygen atoms in total. The molecule has 0 aromatic heterocycles. The van der Waals surface area contributed by atoms with Crippen molar-refractivity contribution in [3.8, 4) is 17.6 Å². The Morgan fingerprint density at radius 3 is 2.36 bits per heavy atom. The number of alkyl halides is 3. The standard InChI is InChI=1S/C27H18Cl2F5NO4/c1-26(2,38)8-7-14-3-5-20(23(29)24(14)31)35-22(36)13-39-21-6-4-17(28)12-19(21)25(37)15-9-16(27(32,33)34)11-18(30)10-15/h3-6,9-12,38H,13H2,1-2H3,(H,35,36). The van der Waals surface area contributed by atoms with Gasteiger partial charge in [-0.15, -0.1) is 0 Å². The first-order valence-electron chi connectivity index (χ1n) is 10.9. The van der Waals surface area contributed by atoms with Crippen LogP contribution < -0.4 is 10.1 Å². The number of ether oxygens (including phenoxy) is 1. The van der Waals surface area contributed by atoms with Crippen LogP contribution in [0.5, 0.6) is 5.75 Å². The van der Waals surface area contributed by atoms with Crippen molar-refractivity contribution in [2.45, 2.75) is 25.6 Å². The first-order valence-corrected chi connectivity index (χ1v) is 11.7. The van der Waals surface area contributed by atoms with E-state index in [-0.39, 0.29) is 33.7 Å². The van der Waals surface area contributed by atoms with Gasteiger partial charge in [-0.25, -0.2) is 8.78 Å². The zero-order valence-corrected chi connectivity index (χ0v) is 21.7. The van der Waals surface area contributed by atoms with Crippen LogP contribution in [-0.4, -0.2) is 29.0 Å². The monoisotopic (exact) mass is 585 g/mol. The van der Waals surface area contributed by atoms with Crippen LogP contribution in [0.3, 0.4) is 0 Å². The van der Waals surface area contributed by atoms with Gasteiger partial charge in [-0.05, 0) is 62.4 Å². The second kappa shape index (κ2) is 11.6. The number of benzene rings is 3. The summed E-state index contributed by atoms with van der Waals surface area (Å²) in [6, 6.07) is 7.47. The fourth-order valence-electron chi connectivity index (χ4n) is 3.14. The number of anilines is 1. The van der Waals surface area contributed by atoms with E-state index in [1.54, 1.807) is 0 Å². The highest BCUT2D eigenvalue weighted by Crippen LogP contribution is 2.33. The Morgan fingerprint density at radius 2 is 1.72 bits per heavy atom. The van der Waals surface area contributed by atoms with Crippen molar-refractivity contribution in [2.24, 2.45) is 0 Å². The zero-order valence-electron chi connectivity index (χ0n) is 20.1. The highest BCUT2D eigenvalue weighted by atomic mass is 35.5. The Balaban J connectivity index is 1.80. The SMILES string of the molecule is CC(C)(O)C#Cc1ccc(NC(=O)COc2ccc(Cl)cc2C(=O)c2cc(F)cc(C(F)(F)F)c2)c(Cl)c1F. The van der Waals surface area contributed by atoms with Crippen LogP contribution in [0.1, 0.15) is 40.9 Å². The van der Waals surface area contributed by atoms with Crippen molar-refractivity contribution < 1.29 is 41.4 Å². The minimum absolute atomic E-state index is 0.0256. The summed E-state index contributed by atoms with van der Waals surface area (Å²) < 4.78 is 73.0. The van der Waals surface area contributed by atoms with Gasteiger partial charge in [0, 0.05) is 10.6 Å². The van der Waals surface area contributed by atoms with Crippen LogP contribution in [0.25, 0.3) is 0 Å². The molecule has 0 atom stereocenters. The number of aliphatic hydroxyl groups is 1. The molecule has 0 spiro atoms. The third-order valence-electron chi connectivity index (χ3n) is 4.89. The van der Waals surface area contributed by atoms with Gasteiger partial charge >= 0.3 is 6.18 Å². The maximum atomic E-state index is 14.6. The summed E-state index contributed by atoms with van der Waals surface area (Å²) in [6.45, 7) is 2.09. The molecule has 39 heavy (non-hydrogen) atoms. The largest absolute Gasteiger partial charge is 0.483 e. The van der Waals surface area contributed by atoms with Crippen LogP contribution in [0.15, 0.2) is 48.5 Å². The normalized spacial score (nSPS) is 11.4. The van der Waals surface area contributed by atoms with E-state index in [9.17, 15) is 36.6 Å². The van der Waals surface area contributed by atoms with Gasteiger partial charge in [0.05, 0.1) is 22.4 Å². The molecule has 3 aromatic rings. The predicted octanol–water partition coefficient (Wildman–Crippen LogP) is 6.66. The molecular weight excluding hydrogens is 568 g/mol. The average Bonchev–Trinajstić information content (AvgIpc) is 2.83. The lowest BCUT2D eigenvalue weighted by atomic mass is 10.00. The van der Waals surface area contributed by atoms with E-state index in [1.807, 2.05) is 0 Å². The maximum absolute atomic E-state index is 14.6. The van der Waals surface area contributed by atoms with Crippen molar-refractivity contribution in [1.29, 1.82) is 0 Å². The number of nitrogens with one attached hydrogen (secondary N) is 1. The fourth-order valence-corrected chi connectivity index (χ4v) is 3.52. The molecule has 0 saturated carbocycles. The van der Waals surface area contributed by atoms with Crippen molar-refractivity contribution in [3.63, 3.8) is 0 Å². The van der Waals surface area contributed by atoms with Crippen LogP contribution in [0.2, 0.25) is 10.0 Å². The maximum Gasteiger partial charge on any atom is 0.416 e. The van der Waals surface area contributed by atoms with E-state index < -0.39 is 57.9 Å². The number of amides is 1. The third-order valence-corrected chi connectivity index (χ3v) is 5.50. The highest BCUT2D eigenvalue weighted by molar-refractivity contribution is 6.34. The minimum atomic E-state index is -4.90. The van der Waals surface area contributed by atoms with Crippen LogP contribution in [0, 0.1) is 23.5 Å². The van der Waals surface area contributed by atoms with Gasteiger partial charge in [-0.2, -0.15) is 13.2 Å². The topological polar surface area (TPSA) is 75.6 Å². The molecule has 0 aliphatic rings. The smallest absolute Gasteiger partial charge is 0.416 e. The average molecular weight is 586 g/mol. The van der Waals surface area contributed by atoms with E-state index >= 15 is 0 Å². The quantitative estimate of drug-likeness (QED) is 0.193. The highest BCUT2D eigenvalue weighted by Gasteiger charge is 2.32. The van der Waals surface area contributed by atoms with Crippen LogP contribution in [0.4, 0.5) is 27.6 Å².